The van der Waals surface area contributed by atoms with Gasteiger partial charge >= 0.3 is 0 Å². The van der Waals surface area contributed by atoms with E-state index >= 15 is 0 Å². The molecule has 21 heavy (non-hydrogen) atoms. The summed E-state index contributed by atoms with van der Waals surface area (Å²) in [6.45, 7) is 4.00. The fourth-order valence-corrected chi connectivity index (χ4v) is 3.17. The van der Waals surface area contributed by atoms with Gasteiger partial charge in [0, 0.05) is 22.2 Å². The lowest BCUT2D eigenvalue weighted by Gasteiger charge is -2.08. The number of hydrogen-bond acceptors (Lipinski definition) is 2. The van der Waals surface area contributed by atoms with Gasteiger partial charge in [-0.3, -0.25) is 9.00 Å². The molecule has 4 heteroatoms. The van der Waals surface area contributed by atoms with Crippen molar-refractivity contribution in [3.8, 4) is 0 Å². The lowest BCUT2D eigenvalue weighted by molar-refractivity contribution is -0.113. The molecular formula is C17H19NO2S. The maximum Gasteiger partial charge on any atom is 0.237 e. The Kier molecular flexibility index (Phi) is 5.28. The highest BCUT2D eigenvalue weighted by Gasteiger charge is 2.10. The van der Waals surface area contributed by atoms with E-state index < -0.39 is 10.8 Å². The maximum absolute atomic E-state index is 12.1. The van der Waals surface area contributed by atoms with Gasteiger partial charge in [-0.2, -0.15) is 0 Å². The van der Waals surface area contributed by atoms with Gasteiger partial charge in [0.05, 0.1) is 0 Å². The third-order valence-corrected chi connectivity index (χ3v) is 4.39. The number of para-hydroxylation sites is 1. The molecule has 2 rings (SSSR count). The van der Waals surface area contributed by atoms with E-state index in [4.69, 9.17) is 0 Å². The van der Waals surface area contributed by atoms with Crippen LogP contribution < -0.4 is 5.32 Å². The van der Waals surface area contributed by atoms with E-state index in [0.29, 0.717) is 5.75 Å². The number of aryl methyl sites for hydroxylation is 2. The van der Waals surface area contributed by atoms with Gasteiger partial charge in [-0.05, 0) is 37.1 Å². The van der Waals surface area contributed by atoms with Crippen LogP contribution in [0.25, 0.3) is 0 Å². The molecule has 0 aromatic heterocycles. The molecule has 0 saturated carbocycles. The molecule has 3 nitrogen and oxygen atoms in total. The third kappa shape index (κ3) is 4.83. The zero-order chi connectivity index (χ0) is 15.2. The van der Waals surface area contributed by atoms with Crippen LogP contribution in [-0.2, 0) is 21.3 Å². The van der Waals surface area contributed by atoms with E-state index in [-0.39, 0.29) is 11.7 Å². The molecule has 1 atom stereocenters. The second-order valence-electron chi connectivity index (χ2n) is 5.07. The second-order valence-corrected chi connectivity index (χ2v) is 6.53. The van der Waals surface area contributed by atoms with Crippen molar-refractivity contribution >= 4 is 22.4 Å². The Morgan fingerprint density at radius 1 is 1.10 bits per heavy atom. The molecule has 2 aromatic rings. The predicted octanol–water partition coefficient (Wildman–Crippen LogP) is 3.19. The number of hydrogen-bond donors (Lipinski definition) is 1. The summed E-state index contributed by atoms with van der Waals surface area (Å²) in [6, 6.07) is 15.3. The first-order valence-corrected chi connectivity index (χ1v) is 8.29. The Bertz CT molecular complexity index is 653. The first kappa shape index (κ1) is 15.4. The van der Waals surface area contributed by atoms with Crippen LogP contribution in [0.2, 0.25) is 0 Å². The predicted molar refractivity (Wildman–Crippen MR) is 87.7 cm³/mol. The topological polar surface area (TPSA) is 46.2 Å². The quantitative estimate of drug-likeness (QED) is 0.922. The van der Waals surface area contributed by atoms with Gasteiger partial charge in [0.1, 0.15) is 5.75 Å². The summed E-state index contributed by atoms with van der Waals surface area (Å²) in [5.74, 6) is 0.211. The lowest BCUT2D eigenvalue weighted by atomic mass is 10.1. The minimum atomic E-state index is -1.21. The van der Waals surface area contributed by atoms with Crippen molar-refractivity contribution < 1.29 is 9.00 Å². The molecule has 0 spiro atoms. The molecule has 0 unspecified atom stereocenters. The van der Waals surface area contributed by atoms with E-state index in [2.05, 4.69) is 5.32 Å². The van der Waals surface area contributed by atoms with E-state index in [1.54, 1.807) is 0 Å². The summed E-state index contributed by atoms with van der Waals surface area (Å²) in [4.78, 5) is 11.9. The number of rotatable bonds is 5. The van der Waals surface area contributed by atoms with Crippen molar-refractivity contribution in [2.75, 3.05) is 11.1 Å². The molecular weight excluding hydrogens is 282 g/mol. The Morgan fingerprint density at radius 3 is 2.52 bits per heavy atom. The molecule has 0 bridgehead atoms. The molecule has 2 aromatic carbocycles. The molecule has 110 valence electrons. The van der Waals surface area contributed by atoms with Gasteiger partial charge in [-0.1, -0.05) is 42.0 Å². The summed E-state index contributed by atoms with van der Waals surface area (Å²) < 4.78 is 12.1. The van der Waals surface area contributed by atoms with Crippen molar-refractivity contribution in [2.24, 2.45) is 0 Å². The highest BCUT2D eigenvalue weighted by Crippen LogP contribution is 2.13. The smallest absolute Gasteiger partial charge is 0.237 e. The second kappa shape index (κ2) is 7.18. The zero-order valence-corrected chi connectivity index (χ0v) is 13.1. The van der Waals surface area contributed by atoms with Gasteiger partial charge in [0.25, 0.3) is 0 Å². The summed E-state index contributed by atoms with van der Waals surface area (Å²) >= 11 is 0. The van der Waals surface area contributed by atoms with Crippen LogP contribution in [0.3, 0.4) is 0 Å². The van der Waals surface area contributed by atoms with Gasteiger partial charge in [0.2, 0.25) is 5.91 Å². The average Bonchev–Trinajstić information content (AvgIpc) is 2.43. The molecule has 0 fully saturated rings. The van der Waals surface area contributed by atoms with Crippen molar-refractivity contribution in [3.63, 3.8) is 0 Å². The van der Waals surface area contributed by atoms with E-state index in [1.807, 2.05) is 62.4 Å². The molecule has 0 aliphatic heterocycles. The number of anilines is 1. The molecule has 0 heterocycles. The first-order chi connectivity index (χ1) is 10.0. The van der Waals surface area contributed by atoms with Crippen molar-refractivity contribution in [1.29, 1.82) is 0 Å². The van der Waals surface area contributed by atoms with E-state index in [9.17, 15) is 9.00 Å². The van der Waals surface area contributed by atoms with Crippen molar-refractivity contribution in [1.82, 2.24) is 0 Å². The van der Waals surface area contributed by atoms with Gasteiger partial charge in [0.15, 0.2) is 0 Å². The van der Waals surface area contributed by atoms with Crippen LogP contribution in [0.15, 0.2) is 48.5 Å². The van der Waals surface area contributed by atoms with Crippen LogP contribution in [-0.4, -0.2) is 15.9 Å². The Morgan fingerprint density at radius 2 is 1.81 bits per heavy atom. The first-order valence-electron chi connectivity index (χ1n) is 6.80. The van der Waals surface area contributed by atoms with Crippen LogP contribution >= 0.6 is 0 Å². The minimum absolute atomic E-state index is 0.0161. The van der Waals surface area contributed by atoms with Crippen molar-refractivity contribution in [2.45, 2.75) is 19.6 Å². The zero-order valence-electron chi connectivity index (χ0n) is 12.3. The Balaban J connectivity index is 1.92. The summed E-state index contributed by atoms with van der Waals surface area (Å²) in [5, 5.41) is 2.75. The molecule has 0 radical (unpaired) electrons. The van der Waals surface area contributed by atoms with E-state index in [0.717, 1.165) is 22.4 Å². The van der Waals surface area contributed by atoms with Crippen LogP contribution in [0.4, 0.5) is 5.69 Å². The van der Waals surface area contributed by atoms with Crippen LogP contribution in [0.5, 0.6) is 0 Å². The maximum atomic E-state index is 12.1. The molecule has 0 aliphatic carbocycles. The SMILES string of the molecule is Cc1ccc(C)c(C[S@@](=O)CC(=O)Nc2ccccc2)c1. The highest BCUT2D eigenvalue weighted by molar-refractivity contribution is 7.84. The monoisotopic (exact) mass is 301 g/mol. The summed E-state index contributed by atoms with van der Waals surface area (Å²) in [5.41, 5.74) is 4.02. The number of benzene rings is 2. The standard InChI is InChI=1S/C17H19NO2S/c1-13-8-9-14(2)15(10-13)11-21(20)12-17(19)18-16-6-4-3-5-7-16/h3-10H,11-12H2,1-2H3,(H,18,19)/t21-/m1/s1. The number of nitrogens with one attached hydrogen (secondary N) is 1. The fourth-order valence-electron chi connectivity index (χ4n) is 2.05. The number of amides is 1. The summed E-state index contributed by atoms with van der Waals surface area (Å²) in [6.07, 6.45) is 0. The highest BCUT2D eigenvalue weighted by atomic mass is 32.2. The largest absolute Gasteiger partial charge is 0.325 e. The molecule has 0 aliphatic rings. The average molecular weight is 301 g/mol. The molecule has 0 saturated heterocycles. The van der Waals surface area contributed by atoms with Crippen LogP contribution in [0, 0.1) is 13.8 Å². The normalized spacial score (nSPS) is 11.9. The van der Waals surface area contributed by atoms with E-state index in [1.165, 1.54) is 0 Å². The van der Waals surface area contributed by atoms with Gasteiger partial charge in [-0.15, -0.1) is 0 Å². The van der Waals surface area contributed by atoms with Crippen molar-refractivity contribution in [3.05, 3.63) is 65.2 Å². The molecule has 1 amide bonds. The minimum Gasteiger partial charge on any atom is -0.325 e. The Labute approximate surface area is 127 Å². The fraction of sp³-hybridized carbons (Fsp3) is 0.235. The number of carbonyl (C=O) groups is 1. The lowest BCUT2D eigenvalue weighted by Crippen LogP contribution is -2.20. The van der Waals surface area contributed by atoms with Gasteiger partial charge in [-0.25, -0.2) is 0 Å². The van der Waals surface area contributed by atoms with Crippen LogP contribution in [0.1, 0.15) is 16.7 Å². The summed E-state index contributed by atoms with van der Waals surface area (Å²) in [7, 11) is -1.21. The third-order valence-electron chi connectivity index (χ3n) is 3.17. The molecule has 1 N–H and O–H groups in total. The van der Waals surface area contributed by atoms with Gasteiger partial charge < -0.3 is 5.32 Å². The Hall–Kier alpha value is -1.94. The number of carbonyl (C=O) groups excluding carboxylic acids is 1.